The van der Waals surface area contributed by atoms with E-state index in [9.17, 15) is 4.79 Å². The highest BCUT2D eigenvalue weighted by Gasteiger charge is 2.30. The minimum absolute atomic E-state index is 0.0205. The van der Waals surface area contributed by atoms with Crippen LogP contribution in [0.4, 0.5) is 11.6 Å². The van der Waals surface area contributed by atoms with E-state index in [-0.39, 0.29) is 18.1 Å². The molecule has 9 heteroatoms. The highest BCUT2D eigenvalue weighted by molar-refractivity contribution is 5.77. The molecule has 4 heterocycles. The fourth-order valence-electron chi connectivity index (χ4n) is 5.33. The molecule has 0 bridgehead atoms. The maximum atomic E-state index is 11.4. The summed E-state index contributed by atoms with van der Waals surface area (Å²) in [7, 11) is 0. The molecule has 1 aromatic heterocycles. The number of rotatable bonds is 5. The molecular formula is C28H30N4O5. The fourth-order valence-corrected chi connectivity index (χ4v) is 5.33. The van der Waals surface area contributed by atoms with Gasteiger partial charge in [-0.25, -0.2) is 9.97 Å². The van der Waals surface area contributed by atoms with E-state index in [4.69, 9.17) is 28.9 Å². The second-order valence-electron chi connectivity index (χ2n) is 9.56. The van der Waals surface area contributed by atoms with Crippen molar-refractivity contribution < 1.29 is 23.7 Å². The first kappa shape index (κ1) is 23.5. The van der Waals surface area contributed by atoms with Crippen LogP contribution in [0.5, 0.6) is 11.5 Å². The Morgan fingerprint density at radius 1 is 1.03 bits per heavy atom. The van der Waals surface area contributed by atoms with Crippen LogP contribution in [0.2, 0.25) is 0 Å². The van der Waals surface area contributed by atoms with Crippen LogP contribution in [0.3, 0.4) is 0 Å². The minimum Gasteiger partial charge on any atom is -0.490 e. The van der Waals surface area contributed by atoms with Crippen molar-refractivity contribution in [2.75, 3.05) is 49.7 Å². The Morgan fingerprint density at radius 3 is 2.57 bits per heavy atom. The van der Waals surface area contributed by atoms with E-state index in [0.717, 1.165) is 69.9 Å². The van der Waals surface area contributed by atoms with Crippen LogP contribution in [-0.2, 0) is 14.3 Å². The Bertz CT molecular complexity index is 1330. The molecule has 0 amide bonds. The highest BCUT2D eigenvalue weighted by atomic mass is 16.6. The van der Waals surface area contributed by atoms with E-state index in [0.29, 0.717) is 26.4 Å². The zero-order valence-electron chi connectivity index (χ0n) is 21.2. The summed E-state index contributed by atoms with van der Waals surface area (Å²) in [5, 5.41) is 3.58. The van der Waals surface area contributed by atoms with Crippen LogP contribution in [-0.4, -0.2) is 55.5 Å². The smallest absolute Gasteiger partial charge is 0.303 e. The van der Waals surface area contributed by atoms with Gasteiger partial charge in [-0.15, -0.1) is 0 Å². The van der Waals surface area contributed by atoms with Gasteiger partial charge in [0.1, 0.15) is 24.7 Å². The number of nitrogens with one attached hydrogen (secondary N) is 1. The Hall–Kier alpha value is -3.85. The van der Waals surface area contributed by atoms with Crippen molar-refractivity contribution in [1.82, 2.24) is 9.97 Å². The number of morpholine rings is 1. The molecule has 0 radical (unpaired) electrons. The van der Waals surface area contributed by atoms with Gasteiger partial charge in [0.2, 0.25) is 5.95 Å². The summed E-state index contributed by atoms with van der Waals surface area (Å²) < 4.78 is 22.8. The molecule has 9 nitrogen and oxygen atoms in total. The highest BCUT2D eigenvalue weighted by Crippen LogP contribution is 2.44. The molecule has 192 valence electrons. The number of carbonyl (C=O) groups excluding carboxylic acids is 1. The van der Waals surface area contributed by atoms with Crippen molar-refractivity contribution in [3.05, 3.63) is 58.9 Å². The lowest BCUT2D eigenvalue weighted by Crippen LogP contribution is -2.37. The first-order valence-electron chi connectivity index (χ1n) is 12.6. The Morgan fingerprint density at radius 2 is 1.81 bits per heavy atom. The van der Waals surface area contributed by atoms with Gasteiger partial charge >= 0.3 is 5.97 Å². The zero-order chi connectivity index (χ0) is 25.5. The summed E-state index contributed by atoms with van der Waals surface area (Å²) in [6.07, 6.45) is -0.358. The topological polar surface area (TPSA) is 95.0 Å². The summed E-state index contributed by atoms with van der Waals surface area (Å²) in [5.41, 5.74) is 6.77. The maximum absolute atomic E-state index is 11.4. The van der Waals surface area contributed by atoms with Crippen LogP contribution < -0.4 is 19.7 Å². The van der Waals surface area contributed by atoms with Crippen molar-refractivity contribution >= 4 is 17.6 Å². The first-order chi connectivity index (χ1) is 18.0. The number of nitrogens with zero attached hydrogens (tertiary/aromatic N) is 3. The summed E-state index contributed by atoms with van der Waals surface area (Å²) in [4.78, 5) is 23.2. The molecule has 2 aromatic carbocycles. The average molecular weight is 503 g/mol. The Balaban J connectivity index is 1.25. The van der Waals surface area contributed by atoms with E-state index in [1.54, 1.807) is 0 Å². The molecule has 1 saturated heterocycles. The largest absolute Gasteiger partial charge is 0.490 e. The molecule has 2 atom stereocenters. The molecule has 6 rings (SSSR count). The predicted octanol–water partition coefficient (Wildman–Crippen LogP) is 4.14. The molecule has 3 aliphatic rings. The van der Waals surface area contributed by atoms with Crippen molar-refractivity contribution in [2.24, 2.45) is 0 Å². The van der Waals surface area contributed by atoms with Crippen molar-refractivity contribution in [2.45, 2.75) is 32.9 Å². The number of hydrogen-bond donors (Lipinski definition) is 1. The SMILES string of the molecule is CC(=O)O[C@@H]1COc2cc(N[C@@H]3COc4c(-c5c(C)nc(N6CCOCC6)nc5C)cccc43)ccc21. The quantitative estimate of drug-likeness (QED) is 0.517. The number of ether oxygens (including phenoxy) is 4. The number of hydrogen-bond acceptors (Lipinski definition) is 9. The Kier molecular flexibility index (Phi) is 6.08. The molecule has 3 aliphatic heterocycles. The second-order valence-corrected chi connectivity index (χ2v) is 9.56. The van der Waals surface area contributed by atoms with Crippen LogP contribution in [0, 0.1) is 13.8 Å². The van der Waals surface area contributed by atoms with Crippen LogP contribution in [0.1, 0.15) is 41.6 Å². The number of para-hydroxylation sites is 1. The summed E-state index contributed by atoms with van der Waals surface area (Å²) in [5.74, 6) is 2.03. The van der Waals surface area contributed by atoms with Crippen LogP contribution in [0.25, 0.3) is 11.1 Å². The minimum atomic E-state index is -0.358. The third-order valence-corrected chi connectivity index (χ3v) is 7.04. The molecule has 1 N–H and O–H groups in total. The number of benzene rings is 2. The first-order valence-corrected chi connectivity index (χ1v) is 12.6. The van der Waals surface area contributed by atoms with Crippen molar-refractivity contribution in [3.8, 4) is 22.6 Å². The molecular weight excluding hydrogens is 472 g/mol. The zero-order valence-corrected chi connectivity index (χ0v) is 21.2. The lowest BCUT2D eigenvalue weighted by molar-refractivity contribution is -0.147. The number of aryl methyl sites for hydroxylation is 2. The lowest BCUT2D eigenvalue weighted by atomic mass is 9.97. The van der Waals surface area contributed by atoms with Crippen molar-refractivity contribution in [3.63, 3.8) is 0 Å². The third kappa shape index (κ3) is 4.44. The van der Waals surface area contributed by atoms with Gasteiger partial charge in [0, 0.05) is 54.0 Å². The van der Waals surface area contributed by atoms with E-state index < -0.39 is 0 Å². The predicted molar refractivity (Wildman–Crippen MR) is 138 cm³/mol. The average Bonchev–Trinajstić information content (AvgIpc) is 3.48. The Labute approximate surface area is 215 Å². The summed E-state index contributed by atoms with van der Waals surface area (Å²) >= 11 is 0. The number of anilines is 2. The standard InChI is InChI=1S/C28H30N4O5/c1-16-26(17(2)30-28(29-16)32-9-11-34-12-10-32)22-6-4-5-20-23(14-36-27(20)22)31-19-7-8-21-24(13-19)35-15-25(21)37-18(3)33/h4-8,13,23,25,31H,9-12,14-15H2,1-3H3/t23-,25-/m1/s1. The van der Waals surface area contributed by atoms with E-state index >= 15 is 0 Å². The van der Waals surface area contributed by atoms with Gasteiger partial charge in [0.15, 0.2) is 6.10 Å². The number of esters is 1. The molecule has 0 spiro atoms. The van der Waals surface area contributed by atoms with Gasteiger partial charge in [-0.3, -0.25) is 4.79 Å². The number of carbonyl (C=O) groups is 1. The molecule has 0 saturated carbocycles. The van der Waals surface area contributed by atoms with Crippen LogP contribution in [0.15, 0.2) is 36.4 Å². The van der Waals surface area contributed by atoms with Gasteiger partial charge in [-0.1, -0.05) is 18.2 Å². The normalized spacial score (nSPS) is 20.0. The van der Waals surface area contributed by atoms with E-state index in [2.05, 4.69) is 28.4 Å². The van der Waals surface area contributed by atoms with E-state index in [1.165, 1.54) is 6.92 Å². The third-order valence-electron chi connectivity index (χ3n) is 7.04. The fraction of sp³-hybridized carbons (Fsp3) is 0.393. The monoisotopic (exact) mass is 502 g/mol. The number of aromatic nitrogens is 2. The molecule has 0 aliphatic carbocycles. The second kappa shape index (κ2) is 9.55. The van der Waals surface area contributed by atoms with Gasteiger partial charge in [0.25, 0.3) is 0 Å². The lowest BCUT2D eigenvalue weighted by Gasteiger charge is -2.27. The van der Waals surface area contributed by atoms with Gasteiger partial charge in [0.05, 0.1) is 30.6 Å². The van der Waals surface area contributed by atoms with Crippen LogP contribution >= 0.6 is 0 Å². The van der Waals surface area contributed by atoms with E-state index in [1.807, 2.05) is 32.0 Å². The maximum Gasteiger partial charge on any atom is 0.303 e. The van der Waals surface area contributed by atoms with Gasteiger partial charge in [-0.05, 0) is 26.0 Å². The molecule has 0 unspecified atom stereocenters. The van der Waals surface area contributed by atoms with Crippen molar-refractivity contribution in [1.29, 1.82) is 0 Å². The molecule has 3 aromatic rings. The number of fused-ring (bicyclic) bond motifs is 2. The van der Waals surface area contributed by atoms with Gasteiger partial charge < -0.3 is 29.2 Å². The summed E-state index contributed by atoms with van der Waals surface area (Å²) in [6, 6.07) is 12.1. The summed E-state index contributed by atoms with van der Waals surface area (Å²) in [6.45, 7) is 9.31. The molecule has 1 fully saturated rings. The van der Waals surface area contributed by atoms with Gasteiger partial charge in [-0.2, -0.15) is 0 Å². The molecule has 37 heavy (non-hydrogen) atoms.